The van der Waals surface area contributed by atoms with Crippen LogP contribution < -0.4 is 0 Å². The van der Waals surface area contributed by atoms with E-state index in [-0.39, 0.29) is 11.8 Å². The van der Waals surface area contributed by atoms with E-state index in [1.54, 1.807) is 12.1 Å². The van der Waals surface area contributed by atoms with Gasteiger partial charge in [-0.1, -0.05) is 33.2 Å². The van der Waals surface area contributed by atoms with Crippen molar-refractivity contribution in [3.05, 3.63) is 39.9 Å². The fourth-order valence-corrected chi connectivity index (χ4v) is 1.83. The number of rotatable bonds is 3. The second-order valence-electron chi connectivity index (χ2n) is 3.43. The molecule has 5 nitrogen and oxygen atoms in total. The molecule has 0 aliphatic carbocycles. The molecule has 1 aliphatic heterocycles. The normalized spacial score (nSPS) is 19.1. The van der Waals surface area contributed by atoms with E-state index in [1.165, 1.54) is 12.1 Å². The van der Waals surface area contributed by atoms with Gasteiger partial charge in [-0.25, -0.2) is 0 Å². The lowest BCUT2D eigenvalue weighted by Crippen LogP contribution is -2.09. The van der Waals surface area contributed by atoms with Crippen molar-refractivity contribution in [2.45, 2.75) is 12.5 Å². The second kappa shape index (κ2) is 4.61. The molecule has 6 heteroatoms. The predicted molar refractivity (Wildman–Crippen MR) is 62.9 cm³/mol. The van der Waals surface area contributed by atoms with E-state index in [1.807, 2.05) is 0 Å². The summed E-state index contributed by atoms with van der Waals surface area (Å²) in [6.07, 6.45) is 0.695. The molecule has 0 bridgehead atoms. The molecule has 0 fully saturated rings. The minimum atomic E-state index is -0.415. The highest BCUT2D eigenvalue weighted by Crippen LogP contribution is 2.21. The zero-order valence-electron chi connectivity index (χ0n) is 8.30. The Bertz CT molecular complexity index is 447. The van der Waals surface area contributed by atoms with Crippen molar-refractivity contribution in [2.24, 2.45) is 5.16 Å². The third-order valence-corrected chi connectivity index (χ3v) is 3.02. The number of nitrogens with zero attached hydrogens (tertiary/aromatic N) is 2. The number of oxime groups is 1. The number of halogens is 1. The van der Waals surface area contributed by atoms with Gasteiger partial charge in [0.2, 0.25) is 0 Å². The van der Waals surface area contributed by atoms with Crippen molar-refractivity contribution in [1.82, 2.24) is 0 Å². The summed E-state index contributed by atoms with van der Waals surface area (Å²) in [6, 6.07) is 6.42. The minimum absolute atomic E-state index is 0.0225. The second-order valence-corrected chi connectivity index (χ2v) is 4.08. The largest absolute Gasteiger partial charge is 0.391 e. The van der Waals surface area contributed by atoms with E-state index < -0.39 is 4.92 Å². The topological polar surface area (TPSA) is 64.7 Å². The molecule has 0 unspecified atom stereocenters. The Labute approximate surface area is 100 Å². The Balaban J connectivity index is 2.22. The third kappa shape index (κ3) is 2.21. The molecular weight excluding hydrogens is 276 g/mol. The molecule has 2 rings (SSSR count). The van der Waals surface area contributed by atoms with E-state index >= 15 is 0 Å². The highest BCUT2D eigenvalue weighted by molar-refractivity contribution is 9.09. The Morgan fingerprint density at radius 2 is 2.44 bits per heavy atom. The number of nitro benzene ring substituents is 1. The number of hydrogen-bond acceptors (Lipinski definition) is 4. The van der Waals surface area contributed by atoms with Gasteiger partial charge in [0.25, 0.3) is 5.69 Å². The average Bonchev–Trinajstić information content (AvgIpc) is 2.77. The average molecular weight is 285 g/mol. The third-order valence-electron chi connectivity index (χ3n) is 2.30. The first kappa shape index (κ1) is 11.1. The first-order chi connectivity index (χ1) is 7.70. The van der Waals surface area contributed by atoms with Crippen LogP contribution in [0.25, 0.3) is 0 Å². The molecule has 1 heterocycles. The number of non-ortho nitro benzene ring substituents is 1. The van der Waals surface area contributed by atoms with Crippen LogP contribution in [0.5, 0.6) is 0 Å². The van der Waals surface area contributed by atoms with Crippen LogP contribution in [0.1, 0.15) is 12.0 Å². The molecule has 0 radical (unpaired) electrons. The first-order valence-electron chi connectivity index (χ1n) is 4.74. The molecule has 16 heavy (non-hydrogen) atoms. The fraction of sp³-hybridized carbons (Fsp3) is 0.300. The molecule has 0 amide bonds. The van der Waals surface area contributed by atoms with E-state index in [2.05, 4.69) is 21.1 Å². The van der Waals surface area contributed by atoms with Crippen molar-refractivity contribution in [2.75, 3.05) is 5.33 Å². The zero-order valence-corrected chi connectivity index (χ0v) is 9.88. The molecule has 0 saturated heterocycles. The number of hydrogen-bond donors (Lipinski definition) is 0. The summed E-state index contributed by atoms with van der Waals surface area (Å²) in [5, 5.41) is 15.2. The molecule has 0 N–H and O–H groups in total. The Morgan fingerprint density at radius 3 is 3.06 bits per heavy atom. The van der Waals surface area contributed by atoms with Crippen molar-refractivity contribution >= 4 is 27.3 Å². The van der Waals surface area contributed by atoms with E-state index in [0.29, 0.717) is 11.8 Å². The van der Waals surface area contributed by atoms with Crippen LogP contribution in [-0.4, -0.2) is 22.1 Å². The lowest BCUT2D eigenvalue weighted by atomic mass is 10.1. The highest BCUT2D eigenvalue weighted by atomic mass is 79.9. The Kier molecular flexibility index (Phi) is 3.19. The predicted octanol–water partition coefficient (Wildman–Crippen LogP) is 2.48. The van der Waals surface area contributed by atoms with Crippen molar-refractivity contribution in [1.29, 1.82) is 0 Å². The highest BCUT2D eigenvalue weighted by Gasteiger charge is 2.21. The van der Waals surface area contributed by atoms with Gasteiger partial charge < -0.3 is 4.84 Å². The summed E-state index contributed by atoms with van der Waals surface area (Å²) in [7, 11) is 0. The van der Waals surface area contributed by atoms with Gasteiger partial charge in [0.05, 0.1) is 10.6 Å². The van der Waals surface area contributed by atoms with Crippen molar-refractivity contribution < 1.29 is 9.76 Å². The maximum absolute atomic E-state index is 10.6. The smallest absolute Gasteiger partial charge is 0.270 e. The van der Waals surface area contributed by atoms with Gasteiger partial charge >= 0.3 is 0 Å². The van der Waals surface area contributed by atoms with E-state index in [0.717, 1.165) is 11.3 Å². The number of nitro groups is 1. The fourth-order valence-electron chi connectivity index (χ4n) is 1.48. The van der Waals surface area contributed by atoms with Crippen LogP contribution in [-0.2, 0) is 4.84 Å². The van der Waals surface area contributed by atoms with Gasteiger partial charge in [-0.3, -0.25) is 10.1 Å². The monoisotopic (exact) mass is 284 g/mol. The lowest BCUT2D eigenvalue weighted by Gasteiger charge is -2.01. The SMILES string of the molecule is O=[N+]([O-])c1cccc(C2=NO[C@H](CBr)C2)c1. The van der Waals surface area contributed by atoms with Gasteiger partial charge in [-0.05, 0) is 0 Å². The Hall–Kier alpha value is -1.43. The molecule has 0 saturated carbocycles. The van der Waals surface area contributed by atoms with Crippen molar-refractivity contribution in [3.63, 3.8) is 0 Å². The summed E-state index contributed by atoms with van der Waals surface area (Å²) in [5.74, 6) is 0. The molecular formula is C10H9BrN2O3. The number of alkyl halides is 1. The molecule has 84 valence electrons. The molecule has 1 aromatic rings. The quantitative estimate of drug-likeness (QED) is 0.487. The van der Waals surface area contributed by atoms with Crippen LogP contribution in [0.2, 0.25) is 0 Å². The van der Waals surface area contributed by atoms with Crippen molar-refractivity contribution in [3.8, 4) is 0 Å². The standard InChI is InChI=1S/C10H9BrN2O3/c11-6-9-5-10(12-16-9)7-2-1-3-8(4-7)13(14)15/h1-4,9H,5-6H2/t9-/m0/s1. The molecule has 1 aliphatic rings. The Morgan fingerprint density at radius 1 is 1.62 bits per heavy atom. The van der Waals surface area contributed by atoms with Crippen LogP contribution >= 0.6 is 15.9 Å². The first-order valence-corrected chi connectivity index (χ1v) is 5.86. The summed E-state index contributed by atoms with van der Waals surface area (Å²) in [4.78, 5) is 15.3. The maximum Gasteiger partial charge on any atom is 0.270 e. The van der Waals surface area contributed by atoms with Gasteiger partial charge in [0, 0.05) is 29.4 Å². The van der Waals surface area contributed by atoms with Gasteiger partial charge in [0.1, 0.15) is 6.10 Å². The summed E-state index contributed by atoms with van der Waals surface area (Å²) in [5.41, 5.74) is 1.58. The molecule has 1 atom stereocenters. The zero-order chi connectivity index (χ0) is 11.5. The van der Waals surface area contributed by atoms with Crippen LogP contribution in [0.3, 0.4) is 0 Å². The van der Waals surface area contributed by atoms with Crippen LogP contribution in [0.15, 0.2) is 29.4 Å². The van der Waals surface area contributed by atoms with Gasteiger partial charge in [-0.2, -0.15) is 0 Å². The van der Waals surface area contributed by atoms with Crippen LogP contribution in [0.4, 0.5) is 5.69 Å². The maximum atomic E-state index is 10.6. The molecule has 0 spiro atoms. The van der Waals surface area contributed by atoms with E-state index in [9.17, 15) is 10.1 Å². The minimum Gasteiger partial charge on any atom is -0.391 e. The molecule has 0 aromatic heterocycles. The van der Waals surface area contributed by atoms with Gasteiger partial charge in [-0.15, -0.1) is 0 Å². The molecule has 1 aromatic carbocycles. The van der Waals surface area contributed by atoms with Crippen LogP contribution in [0, 0.1) is 10.1 Å². The van der Waals surface area contributed by atoms with Gasteiger partial charge in [0.15, 0.2) is 0 Å². The lowest BCUT2D eigenvalue weighted by molar-refractivity contribution is -0.384. The van der Waals surface area contributed by atoms with E-state index in [4.69, 9.17) is 4.84 Å². The number of benzene rings is 1. The summed E-state index contributed by atoms with van der Waals surface area (Å²) in [6.45, 7) is 0. The summed E-state index contributed by atoms with van der Waals surface area (Å²) >= 11 is 3.31. The summed E-state index contributed by atoms with van der Waals surface area (Å²) < 4.78 is 0.